The van der Waals surface area contributed by atoms with Crippen LogP contribution in [0.5, 0.6) is 0 Å². The van der Waals surface area contributed by atoms with Crippen molar-refractivity contribution in [2.24, 2.45) is 0 Å². The topological polar surface area (TPSA) is 68.7 Å². The molecule has 6 heteroatoms. The van der Waals surface area contributed by atoms with Gasteiger partial charge >= 0.3 is 5.97 Å². The molecule has 1 unspecified atom stereocenters. The van der Waals surface area contributed by atoms with Gasteiger partial charge in [-0.2, -0.15) is 0 Å². The van der Waals surface area contributed by atoms with Crippen molar-refractivity contribution in [2.45, 2.75) is 6.04 Å². The zero-order valence-corrected chi connectivity index (χ0v) is 11.1. The molecule has 1 aromatic heterocycles. The fourth-order valence-corrected chi connectivity index (χ4v) is 2.25. The quantitative estimate of drug-likeness (QED) is 0.772. The number of anilines is 1. The Morgan fingerprint density at radius 3 is 2.68 bits per heavy atom. The summed E-state index contributed by atoms with van der Waals surface area (Å²) < 4.78 is 0. The van der Waals surface area contributed by atoms with Crippen molar-refractivity contribution < 1.29 is 9.90 Å². The van der Waals surface area contributed by atoms with E-state index in [-0.39, 0.29) is 0 Å². The van der Waals surface area contributed by atoms with Gasteiger partial charge in [0.25, 0.3) is 0 Å². The van der Waals surface area contributed by atoms with Crippen molar-refractivity contribution >= 4 is 11.8 Å². The van der Waals surface area contributed by atoms with Gasteiger partial charge < -0.3 is 15.3 Å². The fourth-order valence-electron chi connectivity index (χ4n) is 2.25. The van der Waals surface area contributed by atoms with E-state index in [2.05, 4.69) is 20.1 Å². The molecule has 2 N–H and O–H groups in total. The normalized spacial score (nSPS) is 18.3. The predicted octanol–water partition coefficient (Wildman–Crippen LogP) is -0.124. The maximum Gasteiger partial charge on any atom is 0.322 e. The second-order valence-corrected chi connectivity index (χ2v) is 4.66. The highest BCUT2D eigenvalue weighted by Crippen LogP contribution is 2.12. The Morgan fingerprint density at radius 1 is 1.42 bits per heavy atom. The van der Waals surface area contributed by atoms with E-state index in [0.717, 1.165) is 32.0 Å². The first kappa shape index (κ1) is 13.8. The third-order valence-corrected chi connectivity index (χ3v) is 3.43. The number of carboxylic acids is 1. The molecule has 0 saturated carbocycles. The third-order valence-electron chi connectivity index (χ3n) is 3.43. The summed E-state index contributed by atoms with van der Waals surface area (Å²) in [6.45, 7) is 4.03. The summed E-state index contributed by atoms with van der Waals surface area (Å²) in [7, 11) is 1.68. The maximum atomic E-state index is 11.0. The van der Waals surface area contributed by atoms with E-state index in [1.807, 2.05) is 18.2 Å². The molecular weight excluding hydrogens is 244 g/mol. The first-order chi connectivity index (χ1) is 9.20. The molecule has 0 radical (unpaired) electrons. The Labute approximate surface area is 113 Å². The lowest BCUT2D eigenvalue weighted by molar-refractivity contribution is -0.139. The average molecular weight is 264 g/mol. The third kappa shape index (κ3) is 3.65. The highest BCUT2D eigenvalue weighted by Gasteiger charge is 2.23. The minimum absolute atomic E-state index is 0.499. The molecule has 6 nitrogen and oxygen atoms in total. The Balaban J connectivity index is 1.84. The molecule has 2 rings (SSSR count). The second-order valence-electron chi connectivity index (χ2n) is 4.66. The number of rotatable bonds is 5. The number of nitrogens with zero attached hydrogens (tertiary/aromatic N) is 3. The number of nitrogens with one attached hydrogen (secondary N) is 1. The fraction of sp³-hybridized carbons (Fsp3) is 0.538. The van der Waals surface area contributed by atoms with Gasteiger partial charge in [0.15, 0.2) is 0 Å². The minimum Gasteiger partial charge on any atom is -0.480 e. The molecule has 1 fully saturated rings. The lowest BCUT2D eigenvalue weighted by Gasteiger charge is -2.36. The van der Waals surface area contributed by atoms with Crippen molar-refractivity contribution in [3.63, 3.8) is 0 Å². The number of likely N-dealkylation sites (N-methyl/N-ethyl adjacent to an activating group) is 1. The van der Waals surface area contributed by atoms with Crippen LogP contribution in [0.25, 0.3) is 0 Å². The number of hydrogen-bond donors (Lipinski definition) is 2. The Kier molecular flexibility index (Phi) is 4.70. The van der Waals surface area contributed by atoms with Gasteiger partial charge in [-0.15, -0.1) is 0 Å². The van der Waals surface area contributed by atoms with Crippen LogP contribution >= 0.6 is 0 Å². The van der Waals surface area contributed by atoms with Gasteiger partial charge in [0.1, 0.15) is 11.9 Å². The number of hydrogen-bond acceptors (Lipinski definition) is 5. The monoisotopic (exact) mass is 264 g/mol. The Bertz CT molecular complexity index is 404. The molecule has 1 aliphatic rings. The van der Waals surface area contributed by atoms with E-state index in [0.29, 0.717) is 6.54 Å². The van der Waals surface area contributed by atoms with E-state index >= 15 is 0 Å². The zero-order valence-electron chi connectivity index (χ0n) is 11.1. The molecule has 1 saturated heterocycles. The average Bonchev–Trinajstić information content (AvgIpc) is 2.46. The number of pyridine rings is 1. The van der Waals surface area contributed by atoms with Crippen molar-refractivity contribution in [1.29, 1.82) is 0 Å². The van der Waals surface area contributed by atoms with Crippen LogP contribution in [-0.2, 0) is 4.79 Å². The smallest absolute Gasteiger partial charge is 0.322 e. The van der Waals surface area contributed by atoms with Crippen LogP contribution in [0.15, 0.2) is 24.4 Å². The Hall–Kier alpha value is -1.66. The zero-order chi connectivity index (χ0) is 13.7. The molecule has 0 aliphatic carbocycles. The summed E-state index contributed by atoms with van der Waals surface area (Å²) in [5.74, 6) is 0.195. The standard InChI is InChI=1S/C13H20N4O2/c1-14-11(13(18)19)10-16-6-8-17(9-7-16)12-4-2-3-5-15-12/h2-5,11,14H,6-10H2,1H3,(H,18,19). The molecule has 104 valence electrons. The molecule has 1 aromatic rings. The van der Waals surface area contributed by atoms with Gasteiger partial charge in [0.2, 0.25) is 0 Å². The van der Waals surface area contributed by atoms with E-state index in [1.54, 1.807) is 13.2 Å². The van der Waals surface area contributed by atoms with Crippen LogP contribution in [0.4, 0.5) is 5.82 Å². The molecule has 0 spiro atoms. The largest absolute Gasteiger partial charge is 0.480 e. The molecule has 2 heterocycles. The molecule has 0 amide bonds. The van der Waals surface area contributed by atoms with Crippen LogP contribution in [0.2, 0.25) is 0 Å². The van der Waals surface area contributed by atoms with Crippen molar-refractivity contribution in [3.05, 3.63) is 24.4 Å². The van der Waals surface area contributed by atoms with Gasteiger partial charge in [0, 0.05) is 38.9 Å². The first-order valence-electron chi connectivity index (χ1n) is 6.49. The second kappa shape index (κ2) is 6.49. The molecule has 0 bridgehead atoms. The van der Waals surface area contributed by atoms with Crippen molar-refractivity contribution in [3.8, 4) is 0 Å². The van der Waals surface area contributed by atoms with E-state index in [4.69, 9.17) is 5.11 Å². The van der Waals surface area contributed by atoms with Crippen LogP contribution in [-0.4, -0.2) is 66.8 Å². The van der Waals surface area contributed by atoms with Crippen molar-refractivity contribution in [2.75, 3.05) is 44.7 Å². The summed E-state index contributed by atoms with van der Waals surface area (Å²) in [5, 5.41) is 11.8. The highest BCUT2D eigenvalue weighted by molar-refractivity contribution is 5.73. The number of carbonyl (C=O) groups is 1. The summed E-state index contributed by atoms with van der Waals surface area (Å²) in [5.41, 5.74) is 0. The van der Waals surface area contributed by atoms with Crippen LogP contribution in [0.3, 0.4) is 0 Å². The number of aromatic nitrogens is 1. The molecular formula is C13H20N4O2. The summed E-state index contributed by atoms with van der Waals surface area (Å²) in [4.78, 5) is 19.7. The Morgan fingerprint density at radius 2 is 2.16 bits per heavy atom. The summed E-state index contributed by atoms with van der Waals surface area (Å²) in [6, 6.07) is 5.39. The summed E-state index contributed by atoms with van der Waals surface area (Å²) in [6.07, 6.45) is 1.79. The van der Waals surface area contributed by atoms with E-state index in [9.17, 15) is 4.79 Å². The highest BCUT2D eigenvalue weighted by atomic mass is 16.4. The molecule has 1 atom stereocenters. The van der Waals surface area contributed by atoms with Crippen LogP contribution in [0.1, 0.15) is 0 Å². The van der Waals surface area contributed by atoms with E-state index in [1.165, 1.54) is 0 Å². The maximum absolute atomic E-state index is 11.0. The van der Waals surface area contributed by atoms with Gasteiger partial charge in [-0.1, -0.05) is 6.07 Å². The first-order valence-corrected chi connectivity index (χ1v) is 6.49. The molecule has 1 aliphatic heterocycles. The van der Waals surface area contributed by atoms with Crippen LogP contribution < -0.4 is 10.2 Å². The van der Waals surface area contributed by atoms with Gasteiger partial charge in [0.05, 0.1) is 0 Å². The van der Waals surface area contributed by atoms with Crippen molar-refractivity contribution in [1.82, 2.24) is 15.2 Å². The van der Waals surface area contributed by atoms with Gasteiger partial charge in [-0.3, -0.25) is 9.69 Å². The van der Waals surface area contributed by atoms with Gasteiger partial charge in [-0.25, -0.2) is 4.98 Å². The number of aliphatic carboxylic acids is 1. The molecule has 0 aromatic carbocycles. The minimum atomic E-state index is -0.797. The lowest BCUT2D eigenvalue weighted by Crippen LogP contribution is -2.52. The predicted molar refractivity (Wildman–Crippen MR) is 73.4 cm³/mol. The number of carboxylic acid groups (broad SMARTS) is 1. The number of piperazine rings is 1. The van der Waals surface area contributed by atoms with E-state index < -0.39 is 12.0 Å². The summed E-state index contributed by atoms with van der Waals surface area (Å²) >= 11 is 0. The lowest BCUT2D eigenvalue weighted by atomic mass is 10.2. The molecule has 19 heavy (non-hydrogen) atoms. The van der Waals surface area contributed by atoms with Crippen LogP contribution in [0, 0.1) is 0 Å². The SMILES string of the molecule is CNC(CN1CCN(c2ccccn2)CC1)C(=O)O. The van der Waals surface area contributed by atoms with Gasteiger partial charge in [-0.05, 0) is 19.2 Å².